The van der Waals surface area contributed by atoms with Crippen LogP contribution in [0.3, 0.4) is 0 Å². The van der Waals surface area contributed by atoms with Gasteiger partial charge in [-0.1, -0.05) is 16.9 Å². The van der Waals surface area contributed by atoms with Crippen LogP contribution in [0.5, 0.6) is 0 Å². The van der Waals surface area contributed by atoms with Crippen LogP contribution in [0.4, 0.5) is 11.4 Å². The summed E-state index contributed by atoms with van der Waals surface area (Å²) in [5.41, 5.74) is 14.0. The van der Waals surface area contributed by atoms with Crippen molar-refractivity contribution < 1.29 is 33.4 Å². The minimum Gasteiger partial charge on any atom is -0.460 e. The molecule has 15 nitrogen and oxygen atoms in total. The number of carbonyl (C=O) groups is 2. The minimum absolute atomic E-state index is 0.220. The van der Waals surface area contributed by atoms with Crippen LogP contribution in [0.1, 0.15) is 65.8 Å². The molecule has 6 aliphatic rings. The number of hydrogen-bond acceptors (Lipinski definition) is 18. The fourth-order valence-electron chi connectivity index (χ4n) is 7.39. The number of esters is 1. The number of aromatic nitrogens is 1. The Morgan fingerprint density at radius 2 is 1.73 bits per heavy atom. The summed E-state index contributed by atoms with van der Waals surface area (Å²) in [6.07, 6.45) is 3.35. The number of amides is 1. The molecule has 3 aromatic heterocycles. The van der Waals surface area contributed by atoms with Crippen molar-refractivity contribution in [3.63, 3.8) is 0 Å². The molecule has 0 aromatic carbocycles. The number of nitriles is 1. The van der Waals surface area contributed by atoms with Crippen molar-refractivity contribution in [2.75, 3.05) is 68.8 Å². The van der Waals surface area contributed by atoms with E-state index in [1.165, 1.54) is 18.0 Å². The zero-order valence-electron chi connectivity index (χ0n) is 33.1. The maximum Gasteiger partial charge on any atom is 0.312 e. The van der Waals surface area contributed by atoms with E-state index >= 15 is 0 Å². The van der Waals surface area contributed by atoms with Gasteiger partial charge < -0.3 is 40.6 Å². The molecule has 6 aliphatic heterocycles. The number of rotatable bonds is 6. The lowest BCUT2D eigenvalue weighted by Gasteiger charge is -2.42. The Bertz CT molecular complexity index is 2130. The molecule has 9 heterocycles. The lowest BCUT2D eigenvalue weighted by molar-refractivity contribution is -0.153. The number of anilines is 2. The lowest BCUT2D eigenvalue weighted by atomic mass is 9.80. The Morgan fingerprint density at radius 3 is 2.47 bits per heavy atom. The number of thiophene rings is 2. The fraction of sp³-hybridized carbons (Fsp3) is 0.525. The molecule has 3 saturated heterocycles. The second-order valence-electron chi connectivity index (χ2n) is 15.8. The van der Waals surface area contributed by atoms with Crippen LogP contribution in [-0.4, -0.2) is 96.1 Å². The van der Waals surface area contributed by atoms with E-state index in [1.807, 2.05) is 49.7 Å². The van der Waals surface area contributed by atoms with Crippen molar-refractivity contribution in [1.29, 1.82) is 5.26 Å². The molecule has 0 unspecified atom stereocenters. The fourth-order valence-corrected chi connectivity index (χ4v) is 11.7. The van der Waals surface area contributed by atoms with Crippen LogP contribution in [0.25, 0.3) is 0 Å². The Balaban J connectivity index is 0.000000149. The molecule has 1 amide bonds. The number of oxime groups is 1. The lowest BCUT2D eigenvalue weighted by Crippen LogP contribution is -2.46. The Hall–Kier alpha value is -4.03. The van der Waals surface area contributed by atoms with Crippen molar-refractivity contribution in [3.05, 3.63) is 62.2 Å². The first-order chi connectivity index (χ1) is 28.4. The molecule has 19 heteroatoms. The summed E-state index contributed by atoms with van der Waals surface area (Å²) in [6.45, 7) is 10.5. The number of amidine groups is 1. The van der Waals surface area contributed by atoms with Gasteiger partial charge in [0.25, 0.3) is 5.91 Å². The molecule has 3 aromatic rings. The molecule has 0 saturated carbocycles. The van der Waals surface area contributed by atoms with Crippen LogP contribution < -0.4 is 16.8 Å². The van der Waals surface area contributed by atoms with E-state index in [0.717, 1.165) is 64.7 Å². The summed E-state index contributed by atoms with van der Waals surface area (Å²) in [4.78, 5) is 45.4. The third-order valence-electron chi connectivity index (χ3n) is 10.4. The van der Waals surface area contributed by atoms with E-state index in [1.54, 1.807) is 52.3 Å². The summed E-state index contributed by atoms with van der Waals surface area (Å²) < 4.78 is 22.0. The Labute approximate surface area is 359 Å². The molecule has 0 bridgehead atoms. The standard InChI is InChI=1S/C18H17N5O2S2.C16H22N2O3S2.C6H9NO2/c19-6-11-1-2-14(21-7-11)16(24)22-13-5-15(26-10-13)18-3-4-25-8-12(18)9-27-17(20)23-18;1-15(2,3)21-14(19)5-13-18-16(12-4-11(17)8-22-12)9-20-6-10(16)7-23-13;1-2-8-3-5-4-9-7-6(1)5/h1-2,5,7,10,12H,3-4,8-9H2,(H2,20,23)(H,22,24);4,8,10H,5-7,9,17H2,1-3H3;5H,1-4H2/t12-,18-;10-,16-;5-/m000/s1. The highest BCUT2D eigenvalue weighted by molar-refractivity contribution is 8.14. The van der Waals surface area contributed by atoms with Crippen molar-refractivity contribution in [2.45, 2.75) is 56.7 Å². The van der Waals surface area contributed by atoms with Crippen LogP contribution >= 0.6 is 46.2 Å². The third-order valence-corrected chi connectivity index (χ3v) is 14.7. The van der Waals surface area contributed by atoms with Gasteiger partial charge in [-0.25, -0.2) is 9.98 Å². The minimum atomic E-state index is -0.476. The SMILES string of the molecule is C1CC2=NOC[C@@H]2CO1.CC(C)(C)OC(=O)CC1=N[C@@]2(c3cc(N)cs3)COC[C@H]2CS1.N#Cc1ccc(C(=O)Nc2csc([C@]34CCOC[C@H]3CSC(N)=N4)c2)nc1. The molecule has 5 atom stereocenters. The van der Waals surface area contributed by atoms with E-state index in [-0.39, 0.29) is 41.0 Å². The molecule has 59 heavy (non-hydrogen) atoms. The highest BCUT2D eigenvalue weighted by atomic mass is 32.2. The summed E-state index contributed by atoms with van der Waals surface area (Å²) in [5.74, 6) is 2.30. The van der Waals surface area contributed by atoms with E-state index in [2.05, 4.69) is 15.5 Å². The van der Waals surface area contributed by atoms with Crippen molar-refractivity contribution in [1.82, 2.24) is 4.98 Å². The molecule has 9 rings (SSSR count). The van der Waals surface area contributed by atoms with Gasteiger partial charge in [0.1, 0.15) is 35.0 Å². The zero-order chi connectivity index (χ0) is 41.6. The van der Waals surface area contributed by atoms with Gasteiger partial charge in [0.15, 0.2) is 5.17 Å². The van der Waals surface area contributed by atoms with Crippen molar-refractivity contribution in [3.8, 4) is 6.07 Å². The van der Waals surface area contributed by atoms with E-state index < -0.39 is 5.60 Å². The number of fused-ring (bicyclic) bond motifs is 3. The Kier molecular flexibility index (Phi) is 13.7. The number of hydrogen-bond donors (Lipinski definition) is 3. The number of nitrogens with one attached hydrogen (secondary N) is 1. The van der Waals surface area contributed by atoms with Crippen LogP contribution in [0.2, 0.25) is 0 Å². The average Bonchev–Trinajstić information content (AvgIpc) is 4.05. The molecular weight excluding hydrogens is 833 g/mol. The molecule has 314 valence electrons. The number of nitrogens with zero attached hydrogens (tertiary/aromatic N) is 5. The maximum atomic E-state index is 12.4. The van der Waals surface area contributed by atoms with Gasteiger partial charge in [-0.05, 0) is 45.0 Å². The number of nitrogen functional groups attached to an aromatic ring is 1. The second kappa shape index (κ2) is 18.7. The van der Waals surface area contributed by atoms with E-state index in [9.17, 15) is 9.59 Å². The number of nitrogens with two attached hydrogens (primary N) is 2. The summed E-state index contributed by atoms with van der Waals surface area (Å²) in [6, 6.07) is 9.05. The average molecular weight is 881 g/mol. The maximum absolute atomic E-state index is 12.4. The predicted molar refractivity (Wildman–Crippen MR) is 233 cm³/mol. The normalized spacial score (nSPS) is 26.9. The van der Waals surface area contributed by atoms with Gasteiger partial charge in [0.05, 0.1) is 67.4 Å². The number of thioether (sulfide) groups is 2. The molecular formula is C40H48N8O7S4. The van der Waals surface area contributed by atoms with Crippen LogP contribution in [-0.2, 0) is 39.7 Å². The molecule has 0 radical (unpaired) electrons. The quantitative estimate of drug-likeness (QED) is 0.242. The monoisotopic (exact) mass is 880 g/mol. The number of pyridine rings is 1. The summed E-state index contributed by atoms with van der Waals surface area (Å²) >= 11 is 6.39. The zero-order valence-corrected chi connectivity index (χ0v) is 36.4. The van der Waals surface area contributed by atoms with Gasteiger partial charge in [0, 0.05) is 75.2 Å². The van der Waals surface area contributed by atoms with Gasteiger partial charge in [0.2, 0.25) is 0 Å². The van der Waals surface area contributed by atoms with Gasteiger partial charge >= 0.3 is 5.97 Å². The first kappa shape index (κ1) is 43.1. The third kappa shape index (κ3) is 10.3. The highest BCUT2D eigenvalue weighted by Crippen LogP contribution is 2.49. The first-order valence-electron chi connectivity index (χ1n) is 19.3. The van der Waals surface area contributed by atoms with Crippen molar-refractivity contribution in [2.24, 2.45) is 38.6 Å². The molecule has 0 aliphatic carbocycles. The summed E-state index contributed by atoms with van der Waals surface area (Å²) in [7, 11) is 0. The Morgan fingerprint density at radius 1 is 0.966 bits per heavy atom. The molecule has 5 N–H and O–H groups in total. The van der Waals surface area contributed by atoms with Gasteiger partial charge in [-0.2, -0.15) is 5.26 Å². The molecule has 3 fully saturated rings. The number of carbonyl (C=O) groups excluding carboxylic acids is 2. The van der Waals surface area contributed by atoms with Gasteiger partial charge in [-0.15, -0.1) is 34.4 Å². The van der Waals surface area contributed by atoms with Gasteiger partial charge in [-0.3, -0.25) is 14.6 Å². The smallest absolute Gasteiger partial charge is 0.312 e. The summed E-state index contributed by atoms with van der Waals surface area (Å²) in [5, 5.41) is 20.9. The van der Waals surface area contributed by atoms with Crippen LogP contribution in [0, 0.1) is 29.1 Å². The molecule has 0 spiro atoms. The van der Waals surface area contributed by atoms with E-state index in [4.69, 9.17) is 50.5 Å². The number of ether oxygens (including phenoxy) is 4. The predicted octanol–water partition coefficient (Wildman–Crippen LogP) is 6.02. The topological polar surface area (TPSA) is 218 Å². The van der Waals surface area contributed by atoms with Crippen molar-refractivity contribution >= 4 is 85.4 Å². The first-order valence-corrected chi connectivity index (χ1v) is 23.0. The largest absolute Gasteiger partial charge is 0.460 e. The second-order valence-corrected chi connectivity index (χ2v) is 19.7. The highest BCUT2D eigenvalue weighted by Gasteiger charge is 2.49. The van der Waals surface area contributed by atoms with E-state index in [0.29, 0.717) is 54.7 Å². The number of aliphatic imine (C=N–C) groups is 2. The van der Waals surface area contributed by atoms with Crippen LogP contribution in [0.15, 0.2) is 56.4 Å².